The van der Waals surface area contributed by atoms with E-state index in [-0.39, 0.29) is 32.7 Å². The summed E-state index contributed by atoms with van der Waals surface area (Å²) < 4.78 is 10.7. The number of rotatable bonds is 16. The number of carbonyl (C=O) groups excluding carboxylic acids is 4. The Hall–Kier alpha value is -3.60. The van der Waals surface area contributed by atoms with E-state index in [1.165, 1.54) is 0 Å². The van der Waals surface area contributed by atoms with Gasteiger partial charge in [-0.1, -0.05) is 106 Å². The van der Waals surface area contributed by atoms with Crippen molar-refractivity contribution in [3.8, 4) is 0 Å². The Labute approximate surface area is 273 Å². The van der Waals surface area contributed by atoms with E-state index in [4.69, 9.17) is 14.3 Å². The zero-order valence-electron chi connectivity index (χ0n) is 27.9. The minimum absolute atomic E-state index is 0.00102. The van der Waals surface area contributed by atoms with Crippen molar-refractivity contribution in [3.63, 3.8) is 0 Å². The van der Waals surface area contributed by atoms with E-state index in [1.54, 1.807) is 20.8 Å². The average molecular weight is 639 g/mol. The molecule has 252 valence electrons. The number of unbranched alkanes of at least 4 members (excludes halogenated alkanes) is 5. The molecule has 0 aliphatic carbocycles. The van der Waals surface area contributed by atoms with Gasteiger partial charge in [-0.05, 0) is 38.3 Å². The maximum Gasteiger partial charge on any atom is 0.524 e. The van der Waals surface area contributed by atoms with E-state index >= 15 is 0 Å². The second kappa shape index (κ2) is 18.5. The zero-order valence-corrected chi connectivity index (χ0v) is 27.9. The number of carbonyl (C=O) groups is 4. The first-order valence-corrected chi connectivity index (χ1v) is 16.6. The van der Waals surface area contributed by atoms with Crippen LogP contribution in [-0.2, 0) is 41.9 Å². The zero-order chi connectivity index (χ0) is 33.4. The van der Waals surface area contributed by atoms with Crippen LogP contribution in [0.25, 0.3) is 0 Å². The maximum absolute atomic E-state index is 14.7. The molecule has 1 unspecified atom stereocenters. The number of piperazine rings is 1. The number of quaternary nitrogens is 1. The van der Waals surface area contributed by atoms with Crippen molar-refractivity contribution in [2.24, 2.45) is 5.92 Å². The minimum Gasteiger partial charge on any atom is -0.456 e. The number of imide groups is 1. The van der Waals surface area contributed by atoms with E-state index < -0.39 is 45.9 Å². The second-order valence-corrected chi connectivity index (χ2v) is 13.0. The summed E-state index contributed by atoms with van der Waals surface area (Å²) in [6.07, 6.45) is 5.37. The predicted molar refractivity (Wildman–Crippen MR) is 175 cm³/mol. The average Bonchev–Trinajstić information content (AvgIpc) is 3.04. The molecule has 3 amide bonds. The Kier molecular flexibility index (Phi) is 14.8. The van der Waals surface area contributed by atoms with Gasteiger partial charge >= 0.3 is 18.0 Å². The quantitative estimate of drug-likeness (QED) is 0.0997. The molecule has 1 heterocycles. The smallest absolute Gasteiger partial charge is 0.456 e. The number of hydrogen-bond acceptors (Lipinski definition) is 8. The van der Waals surface area contributed by atoms with Gasteiger partial charge in [0.2, 0.25) is 11.9 Å². The van der Waals surface area contributed by atoms with Gasteiger partial charge in [0.15, 0.2) is 0 Å². The van der Waals surface area contributed by atoms with Gasteiger partial charge in [0.05, 0.1) is 19.1 Å². The van der Waals surface area contributed by atoms with Gasteiger partial charge in [-0.15, -0.1) is 4.48 Å². The number of ether oxygens (including phenoxy) is 2. The summed E-state index contributed by atoms with van der Waals surface area (Å²) in [4.78, 5) is 61.2. The summed E-state index contributed by atoms with van der Waals surface area (Å²) in [5.41, 5.74) is 3.23. The molecule has 10 heteroatoms. The molecule has 2 N–H and O–H groups in total. The molecule has 0 saturated carbocycles. The first-order chi connectivity index (χ1) is 22.1. The summed E-state index contributed by atoms with van der Waals surface area (Å²) in [5.74, 6) is -2.50. The van der Waals surface area contributed by atoms with E-state index in [0.29, 0.717) is 19.4 Å². The van der Waals surface area contributed by atoms with Crippen LogP contribution in [0.3, 0.4) is 0 Å². The van der Waals surface area contributed by atoms with Crippen LogP contribution in [-0.4, -0.2) is 59.6 Å². The normalized spacial score (nSPS) is 18.7. The number of esters is 1. The fourth-order valence-electron chi connectivity index (χ4n) is 5.66. The van der Waals surface area contributed by atoms with E-state index in [2.05, 4.69) is 17.7 Å². The summed E-state index contributed by atoms with van der Waals surface area (Å²) >= 11 is 0. The Balaban J connectivity index is 1.86. The lowest BCUT2D eigenvalue weighted by Gasteiger charge is -2.42. The number of benzene rings is 2. The number of hydrogen-bond donors (Lipinski definition) is 2. The maximum atomic E-state index is 14.7. The summed E-state index contributed by atoms with van der Waals surface area (Å²) in [6, 6.07) is 17.5. The van der Waals surface area contributed by atoms with Crippen LogP contribution in [0.2, 0.25) is 0 Å². The third-order valence-electron chi connectivity index (χ3n) is 8.07. The van der Waals surface area contributed by atoms with Crippen LogP contribution in [0.4, 0.5) is 4.79 Å². The third-order valence-corrected chi connectivity index (χ3v) is 8.07. The lowest BCUT2D eigenvalue weighted by atomic mass is 9.92. The Morgan fingerprint density at radius 2 is 1.50 bits per heavy atom. The van der Waals surface area contributed by atoms with Crippen LogP contribution >= 0.6 is 0 Å². The fourth-order valence-corrected chi connectivity index (χ4v) is 5.66. The number of hydroxylamine groups is 1. The van der Waals surface area contributed by atoms with Gasteiger partial charge in [-0.3, -0.25) is 9.63 Å². The van der Waals surface area contributed by atoms with Crippen molar-refractivity contribution < 1.29 is 38.0 Å². The molecule has 3 atom stereocenters. The SMILES string of the molecule is CCCCCCCC[C@H](CC(=O)NOCc1ccccc1)C(=O)[N@@+]1(C(=O)OC(C)(C)C)CCNCC1C(=O)OCc1ccccc1. The monoisotopic (exact) mass is 638 g/mol. The molecule has 0 aromatic heterocycles. The molecular formula is C36H52N3O7+. The molecule has 1 aliphatic heterocycles. The Morgan fingerprint density at radius 3 is 2.13 bits per heavy atom. The molecule has 1 saturated heterocycles. The summed E-state index contributed by atoms with van der Waals surface area (Å²) in [7, 11) is 0. The van der Waals surface area contributed by atoms with Gasteiger partial charge in [-0.25, -0.2) is 15.1 Å². The summed E-state index contributed by atoms with van der Waals surface area (Å²) in [5, 5.41) is 3.16. The number of amides is 3. The highest BCUT2D eigenvalue weighted by atomic mass is 16.6. The van der Waals surface area contributed by atoms with Crippen molar-refractivity contribution in [1.29, 1.82) is 0 Å². The highest BCUT2D eigenvalue weighted by Gasteiger charge is 2.60. The lowest BCUT2D eigenvalue weighted by Crippen LogP contribution is -2.74. The Morgan fingerprint density at radius 1 is 0.891 bits per heavy atom. The van der Waals surface area contributed by atoms with Crippen molar-refractivity contribution in [1.82, 2.24) is 10.8 Å². The second-order valence-electron chi connectivity index (χ2n) is 13.0. The predicted octanol–water partition coefficient (Wildman–Crippen LogP) is 5.99. The summed E-state index contributed by atoms with van der Waals surface area (Å²) in [6.45, 7) is 7.85. The first-order valence-electron chi connectivity index (χ1n) is 16.6. The van der Waals surface area contributed by atoms with Gasteiger partial charge in [0.1, 0.15) is 18.8 Å². The highest BCUT2D eigenvalue weighted by molar-refractivity contribution is 5.90. The number of nitrogens with zero attached hydrogens (tertiary/aromatic N) is 1. The van der Waals surface area contributed by atoms with Gasteiger partial charge in [0, 0.05) is 13.0 Å². The highest BCUT2D eigenvalue weighted by Crippen LogP contribution is 2.30. The minimum atomic E-state index is -1.18. The molecule has 10 nitrogen and oxygen atoms in total. The third kappa shape index (κ3) is 11.3. The lowest BCUT2D eigenvalue weighted by molar-refractivity contribution is -0.806. The molecule has 0 spiro atoms. The van der Waals surface area contributed by atoms with Gasteiger partial charge in [-0.2, -0.15) is 4.79 Å². The van der Waals surface area contributed by atoms with Crippen LogP contribution in [0.1, 0.15) is 90.2 Å². The first kappa shape index (κ1) is 36.9. The molecule has 0 bridgehead atoms. The fraction of sp³-hybridized carbons (Fsp3) is 0.556. The molecular weight excluding hydrogens is 586 g/mol. The van der Waals surface area contributed by atoms with Crippen LogP contribution in [0, 0.1) is 5.92 Å². The van der Waals surface area contributed by atoms with Crippen LogP contribution in [0.5, 0.6) is 0 Å². The van der Waals surface area contributed by atoms with Crippen molar-refractivity contribution in [3.05, 3.63) is 71.8 Å². The van der Waals surface area contributed by atoms with Crippen LogP contribution < -0.4 is 10.8 Å². The largest absolute Gasteiger partial charge is 0.524 e. The molecule has 46 heavy (non-hydrogen) atoms. The van der Waals surface area contributed by atoms with Gasteiger partial charge < -0.3 is 14.8 Å². The van der Waals surface area contributed by atoms with E-state index in [0.717, 1.165) is 43.2 Å². The van der Waals surface area contributed by atoms with Crippen molar-refractivity contribution >= 4 is 23.9 Å². The standard InChI is InChI=1S/C36H51N3O7/c1-5-6-7-8-9-16-21-30(24-32(40)38-45-27-29-19-14-11-15-20-29)33(41)39(35(43)46-36(2,3)4)23-22-37-25-31(39)34(42)44-26-28-17-12-10-13-18-28/h10-15,17-20,30-31,37H,5-9,16,21-27H2,1-4H3/p+1/t30-,31?,39-/m1/s1. The topological polar surface area (TPSA) is 120 Å². The van der Waals surface area contributed by atoms with E-state index in [9.17, 15) is 19.2 Å². The van der Waals surface area contributed by atoms with Crippen molar-refractivity contribution in [2.45, 2.75) is 104 Å². The van der Waals surface area contributed by atoms with Crippen LogP contribution in [0.15, 0.2) is 60.7 Å². The molecule has 2 aromatic carbocycles. The molecule has 1 aliphatic rings. The molecule has 3 rings (SSSR count). The van der Waals surface area contributed by atoms with Crippen molar-refractivity contribution in [2.75, 3.05) is 19.6 Å². The molecule has 2 aromatic rings. The molecule has 0 radical (unpaired) electrons. The number of nitrogens with one attached hydrogen (secondary N) is 2. The van der Waals surface area contributed by atoms with Gasteiger partial charge in [0.25, 0.3) is 0 Å². The Bertz CT molecular complexity index is 1250. The molecule has 1 fully saturated rings. The van der Waals surface area contributed by atoms with E-state index in [1.807, 2.05) is 60.7 Å².